The number of methoxy groups -OCH3 is 1. The summed E-state index contributed by atoms with van der Waals surface area (Å²) in [6.07, 6.45) is 1.67. The van der Waals surface area contributed by atoms with Crippen LogP contribution in [0.2, 0.25) is 0 Å². The van der Waals surface area contributed by atoms with E-state index in [1.807, 2.05) is 19.1 Å². The second kappa shape index (κ2) is 3.62. The zero-order chi connectivity index (χ0) is 11.8. The number of hydrogen-bond acceptors (Lipinski definition) is 4. The lowest BCUT2D eigenvalue weighted by atomic mass is 10.3. The molecule has 0 spiro atoms. The number of fused-ring (bicyclic) bond motifs is 1. The molecule has 17 heavy (non-hydrogen) atoms. The number of hydrogen-bond donors (Lipinski definition) is 1. The van der Waals surface area contributed by atoms with Gasteiger partial charge < -0.3 is 14.1 Å². The molecule has 3 heterocycles. The van der Waals surface area contributed by atoms with E-state index in [1.165, 1.54) is 0 Å². The van der Waals surface area contributed by atoms with Crippen LogP contribution >= 0.6 is 0 Å². The third-order valence-electron chi connectivity index (χ3n) is 2.53. The number of aromatic nitrogens is 3. The van der Waals surface area contributed by atoms with E-state index >= 15 is 0 Å². The van der Waals surface area contributed by atoms with Crippen molar-refractivity contribution in [1.82, 2.24) is 15.0 Å². The summed E-state index contributed by atoms with van der Waals surface area (Å²) in [5.41, 5.74) is 2.43. The highest BCUT2D eigenvalue weighted by Crippen LogP contribution is 2.22. The molecule has 0 fully saturated rings. The molecule has 0 unspecified atom stereocenters. The number of furan rings is 1. The van der Waals surface area contributed by atoms with Gasteiger partial charge in [0.1, 0.15) is 17.8 Å². The predicted octanol–water partition coefficient (Wildman–Crippen LogP) is 2.53. The molecule has 0 aromatic carbocycles. The van der Waals surface area contributed by atoms with Crippen molar-refractivity contribution >= 4 is 11.2 Å². The van der Waals surface area contributed by atoms with Crippen LogP contribution in [0.1, 0.15) is 5.76 Å². The minimum absolute atomic E-state index is 0.555. The summed E-state index contributed by atoms with van der Waals surface area (Å²) in [5, 5.41) is 0. The molecule has 0 aliphatic carbocycles. The summed E-state index contributed by atoms with van der Waals surface area (Å²) in [7, 11) is 1.58. The number of nitrogens with zero attached hydrogens (tertiary/aromatic N) is 2. The molecular formula is C12H11N3O2. The molecule has 0 saturated carbocycles. The van der Waals surface area contributed by atoms with E-state index in [4.69, 9.17) is 9.15 Å². The van der Waals surface area contributed by atoms with Gasteiger partial charge in [0.2, 0.25) is 5.88 Å². The Balaban J connectivity index is 2.13. The zero-order valence-corrected chi connectivity index (χ0v) is 9.52. The van der Waals surface area contributed by atoms with E-state index in [0.29, 0.717) is 11.5 Å². The molecule has 0 aliphatic heterocycles. The highest BCUT2D eigenvalue weighted by molar-refractivity contribution is 5.76. The molecule has 5 nitrogen and oxygen atoms in total. The first-order chi connectivity index (χ1) is 8.26. The monoisotopic (exact) mass is 229 g/mol. The molecule has 0 atom stereocenters. The van der Waals surface area contributed by atoms with Crippen molar-refractivity contribution in [3.8, 4) is 17.3 Å². The van der Waals surface area contributed by atoms with Crippen molar-refractivity contribution in [1.29, 1.82) is 0 Å². The van der Waals surface area contributed by atoms with Gasteiger partial charge in [-0.3, -0.25) is 0 Å². The SMILES string of the molecule is COc1ccc2[nH]c(-c3coc(C)c3)nc2n1. The molecule has 0 aliphatic rings. The second-order valence-electron chi connectivity index (χ2n) is 3.76. The summed E-state index contributed by atoms with van der Waals surface area (Å²) in [4.78, 5) is 11.8. The van der Waals surface area contributed by atoms with Crippen molar-refractivity contribution in [2.75, 3.05) is 7.11 Å². The van der Waals surface area contributed by atoms with Crippen LogP contribution in [0.25, 0.3) is 22.6 Å². The van der Waals surface area contributed by atoms with E-state index in [1.54, 1.807) is 19.4 Å². The highest BCUT2D eigenvalue weighted by atomic mass is 16.5. The third kappa shape index (κ3) is 1.65. The van der Waals surface area contributed by atoms with Gasteiger partial charge in [0.05, 0.1) is 18.2 Å². The van der Waals surface area contributed by atoms with Gasteiger partial charge in [0.25, 0.3) is 0 Å². The summed E-state index contributed by atoms with van der Waals surface area (Å²) in [6, 6.07) is 5.62. The van der Waals surface area contributed by atoms with Crippen LogP contribution < -0.4 is 4.74 Å². The van der Waals surface area contributed by atoms with Crippen LogP contribution in [-0.2, 0) is 0 Å². The Morgan fingerprint density at radius 3 is 2.88 bits per heavy atom. The Labute approximate surface area is 97.5 Å². The Hall–Kier alpha value is -2.30. The number of aryl methyl sites for hydroxylation is 1. The van der Waals surface area contributed by atoms with Crippen molar-refractivity contribution in [3.63, 3.8) is 0 Å². The average Bonchev–Trinajstić information content (AvgIpc) is 2.93. The standard InChI is InChI=1S/C12H11N3O2/c1-7-5-8(6-17-7)11-13-9-3-4-10(16-2)14-12(9)15-11/h3-6H,1-2H3,(H,13,14,15). The lowest BCUT2D eigenvalue weighted by Gasteiger charge is -1.95. The fraction of sp³-hybridized carbons (Fsp3) is 0.167. The molecule has 3 aromatic rings. The highest BCUT2D eigenvalue weighted by Gasteiger charge is 2.09. The Bertz CT molecular complexity index is 669. The van der Waals surface area contributed by atoms with E-state index in [9.17, 15) is 0 Å². The summed E-state index contributed by atoms with van der Waals surface area (Å²) in [5.74, 6) is 2.16. The molecule has 1 N–H and O–H groups in total. The maximum Gasteiger partial charge on any atom is 0.215 e. The van der Waals surface area contributed by atoms with Crippen molar-refractivity contribution in [2.24, 2.45) is 0 Å². The topological polar surface area (TPSA) is 63.9 Å². The van der Waals surface area contributed by atoms with Gasteiger partial charge in [-0.05, 0) is 19.1 Å². The largest absolute Gasteiger partial charge is 0.481 e. The number of rotatable bonds is 2. The smallest absolute Gasteiger partial charge is 0.215 e. The third-order valence-corrected chi connectivity index (χ3v) is 2.53. The van der Waals surface area contributed by atoms with Crippen molar-refractivity contribution < 1.29 is 9.15 Å². The summed E-state index contributed by atoms with van der Waals surface area (Å²) < 4.78 is 10.3. The molecule has 3 aromatic heterocycles. The molecule has 0 bridgehead atoms. The number of pyridine rings is 1. The Morgan fingerprint density at radius 2 is 2.18 bits per heavy atom. The van der Waals surface area contributed by atoms with Crippen molar-refractivity contribution in [3.05, 3.63) is 30.2 Å². The molecular weight excluding hydrogens is 218 g/mol. The first kappa shape index (κ1) is 9.89. The second-order valence-corrected chi connectivity index (χ2v) is 3.76. The quantitative estimate of drug-likeness (QED) is 0.733. The maximum atomic E-state index is 5.25. The molecule has 0 saturated heterocycles. The molecule has 0 amide bonds. The predicted molar refractivity (Wildman–Crippen MR) is 62.9 cm³/mol. The van der Waals surface area contributed by atoms with Gasteiger partial charge in [0.15, 0.2) is 5.65 Å². The number of ether oxygens (including phenoxy) is 1. The summed E-state index contributed by atoms with van der Waals surface area (Å²) in [6.45, 7) is 1.90. The lowest BCUT2D eigenvalue weighted by Crippen LogP contribution is -1.86. The average molecular weight is 229 g/mol. The minimum Gasteiger partial charge on any atom is -0.481 e. The van der Waals surface area contributed by atoms with Gasteiger partial charge in [-0.25, -0.2) is 4.98 Å². The summed E-state index contributed by atoms with van der Waals surface area (Å²) >= 11 is 0. The fourth-order valence-corrected chi connectivity index (χ4v) is 1.69. The van der Waals surface area contributed by atoms with Gasteiger partial charge >= 0.3 is 0 Å². The molecule has 3 rings (SSSR count). The van der Waals surface area contributed by atoms with Gasteiger partial charge in [0, 0.05) is 6.07 Å². The fourth-order valence-electron chi connectivity index (χ4n) is 1.69. The number of nitrogens with one attached hydrogen (secondary N) is 1. The zero-order valence-electron chi connectivity index (χ0n) is 9.52. The maximum absolute atomic E-state index is 5.25. The molecule has 0 radical (unpaired) electrons. The minimum atomic E-state index is 0.555. The van der Waals surface area contributed by atoms with E-state index in [-0.39, 0.29) is 0 Å². The first-order valence-electron chi connectivity index (χ1n) is 5.22. The lowest BCUT2D eigenvalue weighted by molar-refractivity contribution is 0.399. The Morgan fingerprint density at radius 1 is 1.29 bits per heavy atom. The van der Waals surface area contributed by atoms with Crippen molar-refractivity contribution in [2.45, 2.75) is 6.92 Å². The van der Waals surface area contributed by atoms with E-state index in [2.05, 4.69) is 15.0 Å². The van der Waals surface area contributed by atoms with Crippen LogP contribution in [0.5, 0.6) is 5.88 Å². The van der Waals surface area contributed by atoms with Crippen LogP contribution in [0.15, 0.2) is 28.9 Å². The van der Waals surface area contributed by atoms with Crippen LogP contribution in [0.4, 0.5) is 0 Å². The van der Waals surface area contributed by atoms with Gasteiger partial charge in [-0.1, -0.05) is 0 Å². The van der Waals surface area contributed by atoms with Crippen LogP contribution in [0.3, 0.4) is 0 Å². The van der Waals surface area contributed by atoms with Gasteiger partial charge in [-0.2, -0.15) is 4.98 Å². The number of imidazole rings is 1. The first-order valence-corrected chi connectivity index (χ1v) is 5.22. The van der Waals surface area contributed by atoms with E-state index < -0.39 is 0 Å². The van der Waals surface area contributed by atoms with Gasteiger partial charge in [-0.15, -0.1) is 0 Å². The number of H-pyrrole nitrogens is 1. The molecule has 5 heteroatoms. The number of aromatic amines is 1. The molecule has 86 valence electrons. The van der Waals surface area contributed by atoms with Crippen LogP contribution in [0, 0.1) is 6.92 Å². The van der Waals surface area contributed by atoms with Crippen LogP contribution in [-0.4, -0.2) is 22.1 Å². The Kier molecular flexibility index (Phi) is 2.11. The van der Waals surface area contributed by atoms with E-state index in [0.717, 1.165) is 22.7 Å². The normalized spacial score (nSPS) is 10.9.